The van der Waals surface area contributed by atoms with Crippen molar-refractivity contribution < 1.29 is 18.7 Å². The number of aryl methyl sites for hydroxylation is 1. The van der Waals surface area contributed by atoms with Crippen molar-refractivity contribution >= 4 is 22.6 Å². The number of rotatable bonds is 5. The smallest absolute Gasteiger partial charge is 0.241 e. The van der Waals surface area contributed by atoms with Gasteiger partial charge in [0.2, 0.25) is 5.90 Å². The minimum absolute atomic E-state index is 0.0360. The molecule has 0 saturated heterocycles. The number of carbonyl (C=O) groups excluding carboxylic acids is 1. The molecule has 1 aromatic carbocycles. The van der Waals surface area contributed by atoms with Crippen LogP contribution in [0.1, 0.15) is 23.9 Å². The van der Waals surface area contributed by atoms with Gasteiger partial charge in [-0.2, -0.15) is 0 Å². The highest BCUT2D eigenvalue weighted by Gasteiger charge is 2.21. The fraction of sp³-hybridized carbons (Fsp3) is 0.263. The molecule has 3 aromatic rings. The van der Waals surface area contributed by atoms with Gasteiger partial charge in [-0.15, -0.1) is 0 Å². The van der Waals surface area contributed by atoms with E-state index in [1.54, 1.807) is 19.1 Å². The summed E-state index contributed by atoms with van der Waals surface area (Å²) < 4.78 is 27.3. The second-order valence-electron chi connectivity index (χ2n) is 6.29. The van der Waals surface area contributed by atoms with Gasteiger partial charge in [-0.3, -0.25) is 14.5 Å². The lowest BCUT2D eigenvalue weighted by Crippen LogP contribution is -2.21. The first-order chi connectivity index (χ1) is 12.8. The van der Waals surface area contributed by atoms with Gasteiger partial charge in [0.15, 0.2) is 17.3 Å². The molecule has 27 heavy (non-hydrogen) atoms. The van der Waals surface area contributed by atoms with Crippen molar-refractivity contribution in [2.45, 2.75) is 20.8 Å². The predicted octanol–water partition coefficient (Wildman–Crippen LogP) is 2.86. The van der Waals surface area contributed by atoms with Crippen LogP contribution in [0, 0.1) is 19.7 Å². The number of halogens is 1. The maximum absolute atomic E-state index is 14.8. The molecule has 0 bridgehead atoms. The Kier molecular flexibility index (Phi) is 4.89. The Labute approximate surface area is 155 Å². The molecule has 0 aliphatic carbocycles. The molecule has 0 aliphatic rings. The third kappa shape index (κ3) is 3.51. The van der Waals surface area contributed by atoms with Crippen molar-refractivity contribution in [3.05, 3.63) is 47.2 Å². The molecule has 0 atom stereocenters. The number of aliphatic imine (C=N–C) groups is 1. The number of aromatic amines is 1. The van der Waals surface area contributed by atoms with E-state index in [4.69, 9.17) is 15.3 Å². The van der Waals surface area contributed by atoms with Crippen LogP contribution in [0.3, 0.4) is 0 Å². The summed E-state index contributed by atoms with van der Waals surface area (Å²) in [6.07, 6.45) is 1.53. The standard InChI is InChI=1S/C19H21FN4O3/c1-10-7-13-14(23-10)5-6-15(17(13)20)27-19(22-4)18-12(3)16(8-24(18)21)26-9-11(2)25/h5-8,23H,9,21H2,1-4H3. The Balaban J connectivity index is 1.95. The average molecular weight is 372 g/mol. The fourth-order valence-electron chi connectivity index (χ4n) is 2.86. The second-order valence-corrected chi connectivity index (χ2v) is 6.29. The molecular formula is C19H21FN4O3. The Bertz CT molecular complexity index is 1050. The number of Topliss-reactive ketones (excluding diaryl/α,β-unsaturated/α-hetero) is 1. The van der Waals surface area contributed by atoms with Crippen LogP contribution in [-0.2, 0) is 4.79 Å². The van der Waals surface area contributed by atoms with Crippen molar-refractivity contribution in [3.8, 4) is 11.5 Å². The van der Waals surface area contributed by atoms with E-state index in [0.717, 1.165) is 5.69 Å². The zero-order valence-corrected chi connectivity index (χ0v) is 15.6. The van der Waals surface area contributed by atoms with E-state index in [9.17, 15) is 9.18 Å². The maximum atomic E-state index is 14.8. The molecule has 2 aromatic heterocycles. The zero-order valence-electron chi connectivity index (χ0n) is 15.6. The van der Waals surface area contributed by atoms with Crippen LogP contribution in [0.2, 0.25) is 0 Å². The minimum Gasteiger partial charge on any atom is -0.484 e. The van der Waals surface area contributed by atoms with Gasteiger partial charge in [0, 0.05) is 29.2 Å². The van der Waals surface area contributed by atoms with Crippen LogP contribution in [0.4, 0.5) is 4.39 Å². The normalized spacial score (nSPS) is 11.8. The van der Waals surface area contributed by atoms with Gasteiger partial charge in [0.1, 0.15) is 18.1 Å². The highest BCUT2D eigenvalue weighted by molar-refractivity contribution is 5.97. The summed E-state index contributed by atoms with van der Waals surface area (Å²) in [5.41, 5.74) is 2.61. The largest absolute Gasteiger partial charge is 0.484 e. The van der Waals surface area contributed by atoms with Gasteiger partial charge in [0.05, 0.1) is 6.20 Å². The predicted molar refractivity (Wildman–Crippen MR) is 102 cm³/mol. The summed E-state index contributed by atoms with van der Waals surface area (Å²) in [5.74, 6) is 6.01. The minimum atomic E-state index is -0.487. The lowest BCUT2D eigenvalue weighted by atomic mass is 10.2. The van der Waals surface area contributed by atoms with Gasteiger partial charge in [-0.25, -0.2) is 4.39 Å². The molecule has 0 unspecified atom stereocenters. The lowest BCUT2D eigenvalue weighted by molar-refractivity contribution is -0.118. The molecule has 142 valence electrons. The third-order valence-corrected chi connectivity index (χ3v) is 4.12. The van der Waals surface area contributed by atoms with Crippen LogP contribution < -0.4 is 15.3 Å². The SMILES string of the molecule is CN=C(Oc1ccc2[nH]c(C)cc2c1F)c1c(C)c(OCC(C)=O)cn1N. The lowest BCUT2D eigenvalue weighted by Gasteiger charge is -2.11. The van der Waals surface area contributed by atoms with Gasteiger partial charge in [0.25, 0.3) is 0 Å². The monoisotopic (exact) mass is 372 g/mol. The number of ketones is 1. The summed E-state index contributed by atoms with van der Waals surface area (Å²) in [6, 6.07) is 4.99. The number of H-pyrrole nitrogens is 1. The van der Waals surface area contributed by atoms with Crippen LogP contribution in [0.25, 0.3) is 10.9 Å². The fourth-order valence-corrected chi connectivity index (χ4v) is 2.86. The number of ether oxygens (including phenoxy) is 2. The van der Waals surface area contributed by atoms with E-state index in [1.165, 1.54) is 30.9 Å². The molecule has 0 radical (unpaired) electrons. The number of nitrogens with one attached hydrogen (secondary N) is 1. The first kappa shape index (κ1) is 18.5. The molecule has 0 aliphatic heterocycles. The van der Waals surface area contributed by atoms with Crippen molar-refractivity contribution in [3.63, 3.8) is 0 Å². The second kappa shape index (κ2) is 7.14. The van der Waals surface area contributed by atoms with Crippen LogP contribution in [0.15, 0.2) is 29.4 Å². The first-order valence-corrected chi connectivity index (χ1v) is 8.34. The first-order valence-electron chi connectivity index (χ1n) is 8.34. The van der Waals surface area contributed by atoms with Crippen molar-refractivity contribution in [2.24, 2.45) is 4.99 Å². The van der Waals surface area contributed by atoms with Crippen LogP contribution in [0.5, 0.6) is 11.5 Å². The topological polar surface area (TPSA) is 94.6 Å². The maximum Gasteiger partial charge on any atom is 0.241 e. The Morgan fingerprint density at radius 2 is 2.07 bits per heavy atom. The van der Waals surface area contributed by atoms with Gasteiger partial charge in [-0.05, 0) is 39.0 Å². The molecule has 7 nitrogen and oxygen atoms in total. The Morgan fingerprint density at radius 3 is 2.74 bits per heavy atom. The highest BCUT2D eigenvalue weighted by atomic mass is 19.1. The molecule has 0 fully saturated rings. The molecule has 0 amide bonds. The number of nitrogen functional groups attached to an aromatic ring is 1. The Morgan fingerprint density at radius 1 is 1.33 bits per heavy atom. The molecule has 8 heteroatoms. The molecule has 3 N–H and O–H groups in total. The van der Waals surface area contributed by atoms with Crippen molar-refractivity contribution in [1.82, 2.24) is 9.66 Å². The van der Waals surface area contributed by atoms with E-state index in [-0.39, 0.29) is 24.0 Å². The number of carbonyl (C=O) groups is 1. The van der Waals surface area contributed by atoms with E-state index >= 15 is 0 Å². The number of nitrogens with two attached hydrogens (primary N) is 1. The number of benzene rings is 1. The van der Waals surface area contributed by atoms with Gasteiger partial charge in [-0.1, -0.05) is 0 Å². The molecule has 0 spiro atoms. The number of fused-ring (bicyclic) bond motifs is 1. The quantitative estimate of drug-likeness (QED) is 0.409. The van der Waals surface area contributed by atoms with Gasteiger partial charge < -0.3 is 20.3 Å². The zero-order chi connectivity index (χ0) is 19.7. The molecular weight excluding hydrogens is 351 g/mol. The number of hydrogen-bond acceptors (Lipinski definition) is 5. The molecule has 0 saturated carbocycles. The van der Waals surface area contributed by atoms with Crippen molar-refractivity contribution in [2.75, 3.05) is 19.5 Å². The number of nitrogens with zero attached hydrogens (tertiary/aromatic N) is 2. The average Bonchev–Trinajstić information content (AvgIpc) is 3.13. The summed E-state index contributed by atoms with van der Waals surface area (Å²) in [4.78, 5) is 18.3. The van der Waals surface area contributed by atoms with Crippen molar-refractivity contribution in [1.29, 1.82) is 0 Å². The summed E-state index contributed by atoms with van der Waals surface area (Å²) in [5, 5.41) is 0.436. The summed E-state index contributed by atoms with van der Waals surface area (Å²) >= 11 is 0. The number of aromatic nitrogens is 2. The summed E-state index contributed by atoms with van der Waals surface area (Å²) in [7, 11) is 1.52. The third-order valence-electron chi connectivity index (χ3n) is 4.12. The van der Waals surface area contributed by atoms with E-state index < -0.39 is 5.82 Å². The summed E-state index contributed by atoms with van der Waals surface area (Å²) in [6.45, 7) is 4.98. The molecule has 3 rings (SSSR count). The van der Waals surface area contributed by atoms with Gasteiger partial charge >= 0.3 is 0 Å². The highest BCUT2D eigenvalue weighted by Crippen LogP contribution is 2.29. The van der Waals surface area contributed by atoms with Crippen LogP contribution in [-0.4, -0.2) is 35.0 Å². The number of hydrogen-bond donors (Lipinski definition) is 2. The van der Waals surface area contributed by atoms with E-state index in [1.807, 2.05) is 6.92 Å². The van der Waals surface area contributed by atoms with E-state index in [0.29, 0.717) is 27.9 Å². The molecule has 2 heterocycles. The Hall–Kier alpha value is -3.29. The van der Waals surface area contributed by atoms with E-state index in [2.05, 4.69) is 9.98 Å². The van der Waals surface area contributed by atoms with Crippen LogP contribution >= 0.6 is 0 Å².